The molecule has 0 aromatic carbocycles. The van der Waals surface area contributed by atoms with Crippen molar-refractivity contribution in [1.82, 2.24) is 15.2 Å². The molecule has 4 nitrogen and oxygen atoms in total. The van der Waals surface area contributed by atoms with Crippen molar-refractivity contribution in [2.45, 2.75) is 52.0 Å². The number of aryl methyl sites for hydroxylation is 1. The van der Waals surface area contributed by atoms with Crippen LogP contribution in [0.4, 0.5) is 4.79 Å². The second-order valence-electron chi connectivity index (χ2n) is 5.52. The Morgan fingerprint density at radius 3 is 2.60 bits per heavy atom. The first kappa shape index (κ1) is 14.8. The number of pyridine rings is 1. The molecule has 1 fully saturated rings. The summed E-state index contributed by atoms with van der Waals surface area (Å²) in [6.45, 7) is 5.82. The Bertz CT molecular complexity index is 439. The van der Waals surface area contributed by atoms with Crippen LogP contribution in [0.5, 0.6) is 0 Å². The number of nitrogens with one attached hydrogen (secondary N) is 1. The van der Waals surface area contributed by atoms with Gasteiger partial charge >= 0.3 is 6.03 Å². The number of carbonyl (C=O) groups is 1. The van der Waals surface area contributed by atoms with Crippen molar-refractivity contribution in [3.63, 3.8) is 0 Å². The fourth-order valence-corrected chi connectivity index (χ4v) is 2.66. The second kappa shape index (κ2) is 7.27. The average molecular weight is 275 g/mol. The van der Waals surface area contributed by atoms with Gasteiger partial charge in [0.1, 0.15) is 0 Å². The van der Waals surface area contributed by atoms with Crippen LogP contribution in [0.1, 0.15) is 56.5 Å². The van der Waals surface area contributed by atoms with Crippen LogP contribution in [0.15, 0.2) is 18.2 Å². The zero-order valence-corrected chi connectivity index (χ0v) is 12.6. The van der Waals surface area contributed by atoms with Gasteiger partial charge in [-0.2, -0.15) is 0 Å². The minimum atomic E-state index is 0.00523. The molecule has 1 aliphatic heterocycles. The highest BCUT2D eigenvalue weighted by molar-refractivity contribution is 5.74. The molecule has 0 aliphatic carbocycles. The third-order valence-electron chi connectivity index (χ3n) is 3.87. The molecular formula is C16H25N3O. The summed E-state index contributed by atoms with van der Waals surface area (Å²) in [5.74, 6) is 0. The number of aromatic nitrogens is 1. The number of hydrogen-bond acceptors (Lipinski definition) is 2. The molecule has 1 aromatic heterocycles. The molecule has 20 heavy (non-hydrogen) atoms. The number of rotatable bonds is 3. The SMILES string of the molecule is CCC(NC(=O)N1CCCCCC1)c1cccc(C)n1. The molecule has 2 rings (SSSR count). The molecule has 0 radical (unpaired) electrons. The first-order chi connectivity index (χ1) is 9.70. The maximum Gasteiger partial charge on any atom is 0.317 e. The molecule has 4 heteroatoms. The predicted molar refractivity (Wildman–Crippen MR) is 80.6 cm³/mol. The monoisotopic (exact) mass is 275 g/mol. The standard InChI is InChI=1S/C16H25N3O/c1-3-14(15-10-8-9-13(2)17-15)18-16(20)19-11-6-4-5-7-12-19/h8-10,14H,3-7,11-12H2,1-2H3,(H,18,20). The molecule has 1 aromatic rings. The highest BCUT2D eigenvalue weighted by Crippen LogP contribution is 2.16. The number of nitrogens with zero attached hydrogens (tertiary/aromatic N) is 2. The van der Waals surface area contributed by atoms with Crippen LogP contribution in [0, 0.1) is 6.92 Å². The Balaban J connectivity index is 2.00. The molecule has 2 heterocycles. The van der Waals surface area contributed by atoms with Crippen LogP contribution >= 0.6 is 0 Å². The van der Waals surface area contributed by atoms with E-state index in [9.17, 15) is 4.79 Å². The number of hydrogen-bond donors (Lipinski definition) is 1. The van der Waals surface area contributed by atoms with E-state index >= 15 is 0 Å². The van der Waals surface area contributed by atoms with Crippen molar-refractivity contribution in [1.29, 1.82) is 0 Å². The van der Waals surface area contributed by atoms with Crippen molar-refractivity contribution in [2.24, 2.45) is 0 Å². The van der Waals surface area contributed by atoms with Crippen molar-refractivity contribution < 1.29 is 4.79 Å². The molecule has 0 bridgehead atoms. The molecule has 1 N–H and O–H groups in total. The van der Waals surface area contributed by atoms with E-state index in [-0.39, 0.29) is 12.1 Å². The summed E-state index contributed by atoms with van der Waals surface area (Å²) in [5.41, 5.74) is 1.95. The second-order valence-corrected chi connectivity index (χ2v) is 5.52. The third-order valence-corrected chi connectivity index (χ3v) is 3.87. The summed E-state index contributed by atoms with van der Waals surface area (Å²) in [4.78, 5) is 18.8. The Hall–Kier alpha value is -1.58. The van der Waals surface area contributed by atoms with Gasteiger partial charge in [-0.3, -0.25) is 4.98 Å². The summed E-state index contributed by atoms with van der Waals surface area (Å²) >= 11 is 0. The zero-order chi connectivity index (χ0) is 14.4. The van der Waals surface area contributed by atoms with Crippen LogP contribution < -0.4 is 5.32 Å². The number of amides is 2. The Labute approximate surface area is 121 Å². The van der Waals surface area contributed by atoms with Gasteiger partial charge in [-0.15, -0.1) is 0 Å². The zero-order valence-electron chi connectivity index (χ0n) is 12.6. The molecule has 0 saturated carbocycles. The minimum Gasteiger partial charge on any atom is -0.330 e. The maximum atomic E-state index is 12.4. The molecule has 2 amide bonds. The van der Waals surface area contributed by atoms with E-state index in [2.05, 4.69) is 17.2 Å². The van der Waals surface area contributed by atoms with Crippen LogP contribution in [-0.4, -0.2) is 29.0 Å². The van der Waals surface area contributed by atoms with Crippen LogP contribution in [-0.2, 0) is 0 Å². The average Bonchev–Trinajstić information content (AvgIpc) is 2.73. The van der Waals surface area contributed by atoms with E-state index in [0.717, 1.165) is 43.7 Å². The molecule has 1 aliphatic rings. The van der Waals surface area contributed by atoms with E-state index in [4.69, 9.17) is 0 Å². The fourth-order valence-electron chi connectivity index (χ4n) is 2.66. The quantitative estimate of drug-likeness (QED) is 0.918. The van der Waals surface area contributed by atoms with E-state index in [1.165, 1.54) is 12.8 Å². The van der Waals surface area contributed by atoms with Gasteiger partial charge in [0.05, 0.1) is 11.7 Å². The van der Waals surface area contributed by atoms with Gasteiger partial charge in [-0.25, -0.2) is 4.79 Å². The summed E-state index contributed by atoms with van der Waals surface area (Å²) in [7, 11) is 0. The van der Waals surface area contributed by atoms with Gasteiger partial charge in [0, 0.05) is 18.8 Å². The van der Waals surface area contributed by atoms with Gasteiger partial charge in [0.2, 0.25) is 0 Å². The molecule has 110 valence electrons. The van der Waals surface area contributed by atoms with Gasteiger partial charge in [-0.1, -0.05) is 25.8 Å². The fraction of sp³-hybridized carbons (Fsp3) is 0.625. The largest absolute Gasteiger partial charge is 0.330 e. The lowest BCUT2D eigenvalue weighted by Crippen LogP contribution is -2.42. The lowest BCUT2D eigenvalue weighted by molar-refractivity contribution is 0.195. The van der Waals surface area contributed by atoms with E-state index in [1.54, 1.807) is 0 Å². The molecule has 0 spiro atoms. The lowest BCUT2D eigenvalue weighted by atomic mass is 10.1. The van der Waals surface area contributed by atoms with Gasteiger partial charge in [0.15, 0.2) is 0 Å². The van der Waals surface area contributed by atoms with Gasteiger partial charge in [-0.05, 0) is 38.3 Å². The van der Waals surface area contributed by atoms with Crippen LogP contribution in [0.25, 0.3) is 0 Å². The Morgan fingerprint density at radius 2 is 2.00 bits per heavy atom. The summed E-state index contributed by atoms with van der Waals surface area (Å²) in [5, 5.41) is 3.13. The number of likely N-dealkylation sites (tertiary alicyclic amines) is 1. The molecular weight excluding hydrogens is 250 g/mol. The van der Waals surface area contributed by atoms with E-state index < -0.39 is 0 Å². The normalized spacial score (nSPS) is 17.4. The molecule has 1 atom stereocenters. The Morgan fingerprint density at radius 1 is 1.30 bits per heavy atom. The van der Waals surface area contributed by atoms with E-state index in [1.807, 2.05) is 30.0 Å². The third kappa shape index (κ3) is 3.95. The molecule has 1 unspecified atom stereocenters. The van der Waals surface area contributed by atoms with E-state index in [0.29, 0.717) is 0 Å². The summed E-state index contributed by atoms with van der Waals surface area (Å²) < 4.78 is 0. The summed E-state index contributed by atoms with van der Waals surface area (Å²) in [6, 6.07) is 6.03. The van der Waals surface area contributed by atoms with Gasteiger partial charge in [0.25, 0.3) is 0 Å². The number of urea groups is 1. The topological polar surface area (TPSA) is 45.2 Å². The summed E-state index contributed by atoms with van der Waals surface area (Å²) in [6.07, 6.45) is 5.57. The minimum absolute atomic E-state index is 0.00523. The first-order valence-electron chi connectivity index (χ1n) is 7.69. The van der Waals surface area contributed by atoms with Crippen molar-refractivity contribution >= 4 is 6.03 Å². The lowest BCUT2D eigenvalue weighted by Gasteiger charge is -2.24. The van der Waals surface area contributed by atoms with Crippen molar-refractivity contribution in [3.05, 3.63) is 29.6 Å². The van der Waals surface area contributed by atoms with Crippen LogP contribution in [0.2, 0.25) is 0 Å². The predicted octanol–water partition coefficient (Wildman–Crippen LogP) is 3.43. The highest BCUT2D eigenvalue weighted by atomic mass is 16.2. The van der Waals surface area contributed by atoms with Crippen molar-refractivity contribution in [2.75, 3.05) is 13.1 Å². The Kier molecular flexibility index (Phi) is 5.39. The van der Waals surface area contributed by atoms with Crippen molar-refractivity contribution in [3.8, 4) is 0 Å². The number of carbonyl (C=O) groups excluding carboxylic acids is 1. The van der Waals surface area contributed by atoms with Crippen LogP contribution in [0.3, 0.4) is 0 Å². The highest BCUT2D eigenvalue weighted by Gasteiger charge is 2.19. The smallest absolute Gasteiger partial charge is 0.317 e. The van der Waals surface area contributed by atoms with Gasteiger partial charge < -0.3 is 10.2 Å². The maximum absolute atomic E-state index is 12.4. The molecule has 1 saturated heterocycles. The first-order valence-corrected chi connectivity index (χ1v) is 7.69.